The van der Waals surface area contributed by atoms with Crippen LogP contribution in [0.4, 0.5) is 0 Å². The van der Waals surface area contributed by atoms with Gasteiger partial charge in [-0.2, -0.15) is 5.10 Å². The lowest BCUT2D eigenvalue weighted by Crippen LogP contribution is -2.24. The SMILES string of the molecule is CCCN(C)CCn1ncc2cc(-n3ccc(-c4ccc(OC)cc4Cl)cc3=O)ccc21. The van der Waals surface area contributed by atoms with Crippen molar-refractivity contribution < 1.29 is 4.74 Å². The van der Waals surface area contributed by atoms with Crippen molar-refractivity contribution in [2.75, 3.05) is 27.2 Å². The van der Waals surface area contributed by atoms with E-state index in [-0.39, 0.29) is 5.56 Å². The highest BCUT2D eigenvalue weighted by Gasteiger charge is 2.10. The summed E-state index contributed by atoms with van der Waals surface area (Å²) in [5.74, 6) is 0.679. The molecule has 2 aromatic heterocycles. The molecule has 0 aliphatic heterocycles. The number of halogens is 1. The van der Waals surface area contributed by atoms with Crippen LogP contribution in [0.15, 0.2) is 65.7 Å². The van der Waals surface area contributed by atoms with Gasteiger partial charge in [0, 0.05) is 35.4 Å². The quantitative estimate of drug-likeness (QED) is 0.384. The Morgan fingerprint density at radius 2 is 1.94 bits per heavy atom. The molecule has 0 aliphatic carbocycles. The number of methoxy groups -OCH3 is 1. The van der Waals surface area contributed by atoms with Crippen molar-refractivity contribution >= 4 is 22.5 Å². The lowest BCUT2D eigenvalue weighted by molar-refractivity contribution is 0.315. The molecule has 0 bridgehead atoms. The van der Waals surface area contributed by atoms with Gasteiger partial charge in [-0.1, -0.05) is 18.5 Å². The molecule has 0 saturated heterocycles. The van der Waals surface area contributed by atoms with Gasteiger partial charge in [-0.3, -0.25) is 14.0 Å². The van der Waals surface area contributed by atoms with E-state index in [1.165, 1.54) is 0 Å². The molecule has 2 heterocycles. The highest BCUT2D eigenvalue weighted by atomic mass is 35.5. The lowest BCUT2D eigenvalue weighted by Gasteiger charge is -2.15. The molecule has 2 aromatic carbocycles. The van der Waals surface area contributed by atoms with Crippen LogP contribution in [0.3, 0.4) is 0 Å². The maximum absolute atomic E-state index is 12.9. The van der Waals surface area contributed by atoms with Gasteiger partial charge in [0.25, 0.3) is 5.56 Å². The molecule has 0 aliphatic rings. The van der Waals surface area contributed by atoms with Gasteiger partial charge in [0.1, 0.15) is 5.75 Å². The Bertz CT molecular complexity index is 1290. The lowest BCUT2D eigenvalue weighted by atomic mass is 10.1. The summed E-state index contributed by atoms with van der Waals surface area (Å²) in [5, 5.41) is 6.09. The maximum atomic E-state index is 12.9. The summed E-state index contributed by atoms with van der Waals surface area (Å²) < 4.78 is 8.85. The zero-order chi connectivity index (χ0) is 22.7. The normalized spacial score (nSPS) is 11.4. The molecular formula is C25H27ClN4O2. The molecule has 166 valence electrons. The van der Waals surface area contributed by atoms with Crippen molar-refractivity contribution in [3.05, 3.63) is 76.3 Å². The van der Waals surface area contributed by atoms with Gasteiger partial charge >= 0.3 is 0 Å². The Balaban J connectivity index is 1.60. The van der Waals surface area contributed by atoms with Crippen LogP contribution in [0.1, 0.15) is 13.3 Å². The van der Waals surface area contributed by atoms with E-state index in [9.17, 15) is 4.79 Å². The fourth-order valence-corrected chi connectivity index (χ4v) is 4.16. The predicted molar refractivity (Wildman–Crippen MR) is 130 cm³/mol. The third kappa shape index (κ3) is 4.56. The maximum Gasteiger partial charge on any atom is 0.255 e. The van der Waals surface area contributed by atoms with Crippen molar-refractivity contribution in [3.63, 3.8) is 0 Å². The number of pyridine rings is 1. The molecule has 4 aromatic rings. The van der Waals surface area contributed by atoms with Crippen LogP contribution in [-0.2, 0) is 6.54 Å². The largest absolute Gasteiger partial charge is 0.497 e. The molecule has 0 amide bonds. The van der Waals surface area contributed by atoms with Gasteiger partial charge in [-0.15, -0.1) is 0 Å². The van der Waals surface area contributed by atoms with Gasteiger partial charge in [-0.05, 0) is 68.0 Å². The minimum atomic E-state index is -0.123. The van der Waals surface area contributed by atoms with E-state index in [0.717, 1.165) is 53.8 Å². The number of aromatic nitrogens is 3. The van der Waals surface area contributed by atoms with Crippen molar-refractivity contribution in [2.45, 2.75) is 19.9 Å². The van der Waals surface area contributed by atoms with Crippen LogP contribution < -0.4 is 10.3 Å². The summed E-state index contributed by atoms with van der Waals surface area (Å²) in [5.41, 5.74) is 3.30. The highest BCUT2D eigenvalue weighted by Crippen LogP contribution is 2.30. The van der Waals surface area contributed by atoms with E-state index < -0.39 is 0 Å². The molecule has 0 fully saturated rings. The third-order valence-electron chi connectivity index (χ3n) is 5.61. The molecule has 32 heavy (non-hydrogen) atoms. The van der Waals surface area contributed by atoms with Crippen LogP contribution in [0.25, 0.3) is 27.7 Å². The molecule has 7 heteroatoms. The fraction of sp³-hybridized carbons (Fsp3) is 0.280. The predicted octanol–water partition coefficient (Wildman–Crippen LogP) is 4.86. The van der Waals surface area contributed by atoms with Crippen molar-refractivity contribution in [1.82, 2.24) is 19.2 Å². The van der Waals surface area contributed by atoms with E-state index in [4.69, 9.17) is 16.3 Å². The van der Waals surface area contributed by atoms with Gasteiger partial charge in [0.2, 0.25) is 0 Å². The molecule has 0 atom stereocenters. The van der Waals surface area contributed by atoms with Gasteiger partial charge in [0.15, 0.2) is 0 Å². The van der Waals surface area contributed by atoms with E-state index in [1.54, 1.807) is 30.0 Å². The fourth-order valence-electron chi connectivity index (χ4n) is 3.88. The van der Waals surface area contributed by atoms with Gasteiger partial charge < -0.3 is 9.64 Å². The Morgan fingerprint density at radius 3 is 2.66 bits per heavy atom. The molecular weight excluding hydrogens is 424 g/mol. The number of hydrogen-bond donors (Lipinski definition) is 0. The van der Waals surface area contributed by atoms with Crippen LogP contribution in [-0.4, -0.2) is 46.5 Å². The summed E-state index contributed by atoms with van der Waals surface area (Å²) in [4.78, 5) is 15.2. The zero-order valence-corrected chi connectivity index (χ0v) is 19.3. The standard InChI is InChI=1S/C25H27ClN4O2/c1-4-10-28(2)12-13-30-24-8-5-20(14-19(24)17-27-30)29-11-9-18(15-25(29)31)22-7-6-21(32-3)16-23(22)26/h5-9,11,14-17H,4,10,12-13H2,1-3H3. The molecule has 4 rings (SSSR count). The van der Waals surface area contributed by atoms with Crippen molar-refractivity contribution in [1.29, 1.82) is 0 Å². The second kappa shape index (κ2) is 9.59. The first-order valence-electron chi connectivity index (χ1n) is 10.7. The van der Waals surface area contributed by atoms with E-state index in [0.29, 0.717) is 10.8 Å². The molecule has 0 spiro atoms. The number of hydrogen-bond acceptors (Lipinski definition) is 4. The smallest absolute Gasteiger partial charge is 0.255 e. The molecule has 0 N–H and O–H groups in total. The molecule has 0 saturated carbocycles. The van der Waals surface area contributed by atoms with E-state index in [1.807, 2.05) is 47.3 Å². The Labute approximate surface area is 192 Å². The average molecular weight is 451 g/mol. The first-order valence-corrected chi connectivity index (χ1v) is 11.1. The first kappa shape index (κ1) is 22.1. The Morgan fingerprint density at radius 1 is 1.09 bits per heavy atom. The average Bonchev–Trinajstić information content (AvgIpc) is 3.20. The topological polar surface area (TPSA) is 52.3 Å². The van der Waals surface area contributed by atoms with Gasteiger partial charge in [-0.25, -0.2) is 0 Å². The van der Waals surface area contributed by atoms with Gasteiger partial charge in [0.05, 0.1) is 30.4 Å². The van der Waals surface area contributed by atoms with E-state index in [2.05, 4.69) is 24.0 Å². The Kier molecular flexibility index (Phi) is 6.63. The van der Waals surface area contributed by atoms with Crippen LogP contribution in [0.2, 0.25) is 5.02 Å². The summed E-state index contributed by atoms with van der Waals surface area (Å²) in [7, 11) is 3.72. The van der Waals surface area contributed by atoms with Crippen molar-refractivity contribution in [3.8, 4) is 22.6 Å². The minimum Gasteiger partial charge on any atom is -0.497 e. The molecule has 6 nitrogen and oxygen atoms in total. The third-order valence-corrected chi connectivity index (χ3v) is 5.92. The number of benzene rings is 2. The number of ether oxygens (including phenoxy) is 1. The highest BCUT2D eigenvalue weighted by molar-refractivity contribution is 6.33. The number of likely N-dealkylation sites (N-methyl/N-ethyl adjacent to an activating group) is 1. The number of rotatable bonds is 8. The minimum absolute atomic E-state index is 0.123. The van der Waals surface area contributed by atoms with Crippen LogP contribution >= 0.6 is 11.6 Å². The van der Waals surface area contributed by atoms with Crippen LogP contribution in [0.5, 0.6) is 5.75 Å². The molecule has 0 unspecified atom stereocenters. The summed E-state index contributed by atoms with van der Waals surface area (Å²) in [6, 6.07) is 14.9. The van der Waals surface area contributed by atoms with Crippen LogP contribution in [0, 0.1) is 0 Å². The Hall–Kier alpha value is -3.09. The second-order valence-corrected chi connectivity index (χ2v) is 8.29. The summed E-state index contributed by atoms with van der Waals surface area (Å²) in [6.07, 6.45) is 4.77. The number of nitrogens with zero attached hydrogens (tertiary/aromatic N) is 4. The zero-order valence-electron chi connectivity index (χ0n) is 18.6. The first-order chi connectivity index (χ1) is 15.5. The van der Waals surface area contributed by atoms with Crippen molar-refractivity contribution in [2.24, 2.45) is 0 Å². The molecule has 0 radical (unpaired) electrons. The monoisotopic (exact) mass is 450 g/mol. The second-order valence-electron chi connectivity index (χ2n) is 7.88. The summed E-state index contributed by atoms with van der Waals surface area (Å²) >= 11 is 6.38. The summed E-state index contributed by atoms with van der Waals surface area (Å²) in [6.45, 7) is 5.03. The van der Waals surface area contributed by atoms with E-state index >= 15 is 0 Å². The number of fused-ring (bicyclic) bond motifs is 1.